The number of rotatable bonds is 18. The van der Waals surface area contributed by atoms with Gasteiger partial charge < -0.3 is 45.7 Å². The van der Waals surface area contributed by atoms with Crippen LogP contribution in [0.25, 0.3) is 0 Å². The second kappa shape index (κ2) is 21.9. The first-order valence-electron chi connectivity index (χ1n) is 13.7. The first kappa shape index (κ1) is 44.7. The SMILES string of the molecule is CNC(=O)c1c(I)c(NC(=O)CCOCCOCCOCCC(=O)Nc2c(I)c(C(=O)O)c(I)c(C(=O)NC)c2I)c(I)c(C(=O)O)c1I. The van der Waals surface area contributed by atoms with Crippen LogP contribution in [0, 0.1) is 21.4 Å². The number of carbonyl (C=O) groups is 6. The Morgan fingerprint density at radius 3 is 1.06 bits per heavy atom. The third-order valence-corrected chi connectivity index (χ3v) is 12.7. The molecule has 0 saturated heterocycles. The fourth-order valence-electron chi connectivity index (χ4n) is 3.85. The van der Waals surface area contributed by atoms with Crippen LogP contribution in [0.3, 0.4) is 0 Å². The lowest BCUT2D eigenvalue weighted by atomic mass is 10.1. The molecular weight excluding hydrogens is 1330 g/mol. The average molecular weight is 1360 g/mol. The van der Waals surface area contributed by atoms with Crippen molar-refractivity contribution in [2.24, 2.45) is 0 Å². The second-order valence-electron chi connectivity index (χ2n) is 9.34. The molecule has 0 aliphatic carbocycles. The largest absolute Gasteiger partial charge is 0.478 e. The van der Waals surface area contributed by atoms with Crippen LogP contribution < -0.4 is 21.3 Å². The van der Waals surface area contributed by atoms with Crippen LogP contribution in [0.15, 0.2) is 0 Å². The zero-order chi connectivity index (χ0) is 37.0. The van der Waals surface area contributed by atoms with Gasteiger partial charge in [0, 0.05) is 21.2 Å². The van der Waals surface area contributed by atoms with E-state index >= 15 is 0 Å². The summed E-state index contributed by atoms with van der Waals surface area (Å²) in [7, 11) is 2.87. The fourth-order valence-corrected chi connectivity index (χ4v) is 12.6. The van der Waals surface area contributed by atoms with Crippen LogP contribution in [-0.4, -0.2) is 99.5 Å². The minimum Gasteiger partial charge on any atom is -0.478 e. The second-order valence-corrected chi connectivity index (χ2v) is 15.8. The van der Waals surface area contributed by atoms with E-state index in [4.69, 9.17) is 14.2 Å². The Morgan fingerprint density at radius 2 is 0.776 bits per heavy atom. The van der Waals surface area contributed by atoms with Gasteiger partial charge in [0.15, 0.2) is 0 Å². The quantitative estimate of drug-likeness (QED) is 0.0877. The summed E-state index contributed by atoms with van der Waals surface area (Å²) in [6.07, 6.45) is -0.0435. The maximum atomic E-state index is 12.6. The van der Waals surface area contributed by atoms with Crippen molar-refractivity contribution in [3.8, 4) is 0 Å². The van der Waals surface area contributed by atoms with Gasteiger partial charge in [-0.1, -0.05) is 0 Å². The molecule has 49 heavy (non-hydrogen) atoms. The normalized spacial score (nSPS) is 10.8. The maximum Gasteiger partial charge on any atom is 0.337 e. The smallest absolute Gasteiger partial charge is 0.337 e. The topological polar surface area (TPSA) is 219 Å². The van der Waals surface area contributed by atoms with Crippen LogP contribution in [0.1, 0.15) is 54.3 Å². The number of amides is 4. The third kappa shape index (κ3) is 12.3. The van der Waals surface area contributed by atoms with Gasteiger partial charge in [-0.15, -0.1) is 0 Å². The molecule has 0 spiro atoms. The summed E-state index contributed by atoms with van der Waals surface area (Å²) < 4.78 is 18.3. The summed E-state index contributed by atoms with van der Waals surface area (Å²) >= 11 is 11.1. The molecule has 0 bridgehead atoms. The molecule has 2 aromatic carbocycles. The number of carbonyl (C=O) groups excluding carboxylic acids is 4. The molecule has 0 aromatic heterocycles. The van der Waals surface area contributed by atoms with Crippen molar-refractivity contribution in [2.45, 2.75) is 12.8 Å². The molecule has 15 nitrogen and oxygen atoms in total. The van der Waals surface area contributed by atoms with Crippen LogP contribution in [0.5, 0.6) is 0 Å². The van der Waals surface area contributed by atoms with Crippen LogP contribution in [-0.2, 0) is 23.8 Å². The predicted octanol–water partition coefficient (Wildman–Crippen LogP) is 4.84. The van der Waals surface area contributed by atoms with Gasteiger partial charge in [0.2, 0.25) is 11.8 Å². The molecule has 4 amide bonds. The van der Waals surface area contributed by atoms with Crippen molar-refractivity contribution in [2.75, 3.05) is 64.4 Å². The van der Waals surface area contributed by atoms with E-state index in [1.165, 1.54) is 14.1 Å². The molecule has 268 valence electrons. The van der Waals surface area contributed by atoms with E-state index < -0.39 is 35.6 Å². The van der Waals surface area contributed by atoms with Crippen LogP contribution >= 0.6 is 136 Å². The summed E-state index contributed by atoms with van der Waals surface area (Å²) in [5.41, 5.74) is 0.666. The number of carboxylic acids is 2. The number of halogens is 6. The monoisotopic (exact) mass is 1360 g/mol. The molecule has 0 aliphatic rings. The van der Waals surface area contributed by atoms with Gasteiger partial charge in [-0.25, -0.2) is 9.59 Å². The van der Waals surface area contributed by atoms with Gasteiger partial charge in [-0.05, 0) is 136 Å². The number of aromatic carboxylic acids is 2. The first-order valence-corrected chi connectivity index (χ1v) is 20.2. The van der Waals surface area contributed by atoms with Gasteiger partial charge >= 0.3 is 11.9 Å². The molecule has 0 unspecified atom stereocenters. The highest BCUT2D eigenvalue weighted by Gasteiger charge is 2.29. The number of carboxylic acid groups (broad SMARTS) is 2. The van der Waals surface area contributed by atoms with Crippen molar-refractivity contribution in [3.05, 3.63) is 43.7 Å². The average Bonchev–Trinajstić information content (AvgIpc) is 3.03. The van der Waals surface area contributed by atoms with Crippen molar-refractivity contribution >= 4 is 182 Å². The van der Waals surface area contributed by atoms with E-state index in [1.807, 2.05) is 136 Å². The molecule has 0 radical (unpaired) electrons. The fraction of sp³-hybridized carbons (Fsp3) is 0.357. The minimum atomic E-state index is -1.22. The molecule has 0 atom stereocenters. The van der Waals surface area contributed by atoms with Gasteiger partial charge in [0.05, 0.1) is 100 Å². The summed E-state index contributed by atoms with van der Waals surface area (Å²) in [4.78, 5) is 73.8. The first-order chi connectivity index (χ1) is 23.1. The Labute approximate surface area is 362 Å². The summed E-state index contributed by atoms with van der Waals surface area (Å²) in [5.74, 6) is -4.22. The van der Waals surface area contributed by atoms with E-state index in [0.717, 1.165) is 0 Å². The Hall–Kier alpha value is -0.480. The van der Waals surface area contributed by atoms with E-state index in [0.29, 0.717) is 14.3 Å². The number of nitrogens with one attached hydrogen (secondary N) is 4. The molecule has 0 heterocycles. The summed E-state index contributed by atoms with van der Waals surface area (Å²) in [6, 6.07) is 0. The number of benzene rings is 2. The number of hydrogen-bond donors (Lipinski definition) is 6. The van der Waals surface area contributed by atoms with Crippen molar-refractivity contribution < 1.29 is 53.2 Å². The zero-order valence-corrected chi connectivity index (χ0v) is 38.4. The maximum absolute atomic E-state index is 12.6. The Morgan fingerprint density at radius 1 is 0.490 bits per heavy atom. The predicted molar refractivity (Wildman–Crippen MR) is 229 cm³/mol. The lowest BCUT2D eigenvalue weighted by Crippen LogP contribution is -2.25. The van der Waals surface area contributed by atoms with Crippen molar-refractivity contribution in [1.29, 1.82) is 0 Å². The van der Waals surface area contributed by atoms with Crippen molar-refractivity contribution in [3.63, 3.8) is 0 Å². The minimum absolute atomic E-state index is 0.0217. The summed E-state index contributed by atoms with van der Waals surface area (Å²) in [6.45, 7) is 0.981. The molecule has 0 fully saturated rings. The van der Waals surface area contributed by atoms with Gasteiger partial charge in [0.25, 0.3) is 11.8 Å². The molecule has 2 rings (SSSR count). The van der Waals surface area contributed by atoms with Gasteiger partial charge in [0.1, 0.15) is 0 Å². The Bertz CT molecular complexity index is 1520. The highest BCUT2D eigenvalue weighted by Crippen LogP contribution is 2.37. The number of hydrogen-bond acceptors (Lipinski definition) is 9. The van der Waals surface area contributed by atoms with Crippen LogP contribution in [0.4, 0.5) is 11.4 Å². The molecule has 2 aromatic rings. The van der Waals surface area contributed by atoms with Crippen LogP contribution in [0.2, 0.25) is 0 Å². The van der Waals surface area contributed by atoms with E-state index in [1.54, 1.807) is 0 Å². The third-order valence-electron chi connectivity index (χ3n) is 6.19. The molecule has 0 saturated carbocycles. The Balaban J connectivity index is 1.74. The lowest BCUT2D eigenvalue weighted by Gasteiger charge is -2.17. The lowest BCUT2D eigenvalue weighted by molar-refractivity contribution is -0.118. The Kier molecular flexibility index (Phi) is 20.0. The summed E-state index contributed by atoms with van der Waals surface area (Å²) in [5, 5.41) is 29.8. The number of anilines is 2. The highest BCUT2D eigenvalue weighted by atomic mass is 127. The molecule has 6 N–H and O–H groups in total. The molecule has 21 heteroatoms. The molecular formula is C28H28I6N4O11. The zero-order valence-electron chi connectivity index (χ0n) is 25.5. The number of ether oxygens (including phenoxy) is 3. The van der Waals surface area contributed by atoms with E-state index in [9.17, 15) is 39.0 Å². The van der Waals surface area contributed by atoms with Crippen molar-refractivity contribution in [1.82, 2.24) is 10.6 Å². The van der Waals surface area contributed by atoms with E-state index in [2.05, 4.69) is 21.3 Å². The standard InChI is InChI=1S/C28H28I6N4O11/c1-35-25(41)13-17(29)15(27(43)44)21(33)23(19(13)31)37-11(39)3-5-47-7-9-49-10-8-48-6-4-12(40)38-24-20(32)14(26(42)36-2)18(30)16(22(24)34)28(45)46/h3-10H2,1-2H3,(H,35,41)(H,36,42)(H,37,39)(H,38,40)(H,43,44)(H,45,46). The van der Waals surface area contributed by atoms with Gasteiger partial charge in [-0.2, -0.15) is 0 Å². The van der Waals surface area contributed by atoms with E-state index in [-0.39, 0.29) is 93.3 Å². The highest BCUT2D eigenvalue weighted by molar-refractivity contribution is 14.1. The molecule has 0 aliphatic heterocycles. The van der Waals surface area contributed by atoms with Gasteiger partial charge in [-0.3, -0.25) is 19.2 Å².